The minimum Gasteiger partial charge on any atom is -0.459 e. The third kappa shape index (κ3) is 2.91. The molecule has 2 aliphatic heterocycles. The number of morpholine rings is 1. The van der Waals surface area contributed by atoms with Gasteiger partial charge < -0.3 is 19.0 Å². The van der Waals surface area contributed by atoms with Crippen molar-refractivity contribution < 1.29 is 23.1 Å². The van der Waals surface area contributed by atoms with Crippen LogP contribution in [-0.4, -0.2) is 48.6 Å². The maximum atomic E-state index is 13.5. The van der Waals surface area contributed by atoms with Crippen LogP contribution in [0.4, 0.5) is 10.1 Å². The monoisotopic (exact) mass is 344 g/mol. The first kappa shape index (κ1) is 15.8. The molecule has 2 amide bonds. The second-order valence-corrected chi connectivity index (χ2v) is 6.39. The number of likely N-dealkylation sites (tertiary alicyclic amines) is 1. The third-order valence-corrected chi connectivity index (χ3v) is 4.70. The van der Waals surface area contributed by atoms with E-state index in [1.165, 1.54) is 23.3 Å². The first-order valence-corrected chi connectivity index (χ1v) is 8.09. The number of amides is 2. The van der Waals surface area contributed by atoms with Gasteiger partial charge in [-0.1, -0.05) is 6.07 Å². The highest BCUT2D eigenvalue weighted by Gasteiger charge is 2.47. The minimum atomic E-state index is -0.636. The van der Waals surface area contributed by atoms with Crippen LogP contribution in [0.15, 0.2) is 47.1 Å². The van der Waals surface area contributed by atoms with E-state index in [0.29, 0.717) is 25.2 Å². The zero-order valence-electron chi connectivity index (χ0n) is 13.5. The molecule has 2 fully saturated rings. The van der Waals surface area contributed by atoms with Gasteiger partial charge in [0.2, 0.25) is 0 Å². The Hall–Kier alpha value is -2.67. The van der Waals surface area contributed by atoms with Gasteiger partial charge in [0.25, 0.3) is 11.8 Å². The average Bonchev–Trinajstić information content (AvgIpc) is 3.27. The van der Waals surface area contributed by atoms with Crippen LogP contribution in [0.25, 0.3) is 0 Å². The van der Waals surface area contributed by atoms with E-state index in [1.807, 2.05) is 0 Å². The summed E-state index contributed by atoms with van der Waals surface area (Å²) in [5, 5.41) is 0. The highest BCUT2D eigenvalue weighted by atomic mass is 19.1. The van der Waals surface area contributed by atoms with Gasteiger partial charge in [-0.2, -0.15) is 0 Å². The molecule has 2 aliphatic rings. The summed E-state index contributed by atoms with van der Waals surface area (Å²) in [7, 11) is 0. The fourth-order valence-corrected chi connectivity index (χ4v) is 3.41. The van der Waals surface area contributed by atoms with Gasteiger partial charge in [0.1, 0.15) is 18.0 Å². The summed E-state index contributed by atoms with van der Waals surface area (Å²) in [5.74, 6) is -0.524. The maximum absolute atomic E-state index is 13.5. The lowest BCUT2D eigenvalue weighted by Crippen LogP contribution is -2.56. The lowest BCUT2D eigenvalue weighted by Gasteiger charge is -2.40. The molecule has 25 heavy (non-hydrogen) atoms. The summed E-state index contributed by atoms with van der Waals surface area (Å²) in [4.78, 5) is 27.9. The summed E-state index contributed by atoms with van der Waals surface area (Å²) in [6.07, 6.45) is 2.07. The van der Waals surface area contributed by atoms with Crippen molar-refractivity contribution in [2.24, 2.45) is 0 Å². The van der Waals surface area contributed by atoms with E-state index in [0.717, 1.165) is 0 Å². The van der Waals surface area contributed by atoms with Crippen LogP contribution in [0.1, 0.15) is 17.0 Å². The van der Waals surface area contributed by atoms with Crippen molar-refractivity contribution in [2.75, 3.05) is 31.1 Å². The molecule has 1 unspecified atom stereocenters. The Kier molecular flexibility index (Phi) is 3.80. The summed E-state index contributed by atoms with van der Waals surface area (Å²) in [6.45, 7) is 1.09. The number of benzene rings is 1. The lowest BCUT2D eigenvalue weighted by atomic mass is 10.00. The van der Waals surface area contributed by atoms with Gasteiger partial charge in [0.15, 0.2) is 5.76 Å². The molecule has 130 valence electrons. The maximum Gasteiger partial charge on any atom is 0.289 e. The third-order valence-electron chi connectivity index (χ3n) is 4.70. The number of furan rings is 1. The molecule has 2 aromatic rings. The second-order valence-electron chi connectivity index (χ2n) is 6.39. The number of anilines is 1. The number of ether oxygens (including phenoxy) is 1. The van der Waals surface area contributed by atoms with Gasteiger partial charge in [0.05, 0.1) is 19.4 Å². The second kappa shape index (κ2) is 6.00. The van der Waals surface area contributed by atoms with Gasteiger partial charge in [0, 0.05) is 12.2 Å². The number of carbonyl (C=O) groups is 2. The first-order valence-electron chi connectivity index (χ1n) is 8.09. The van der Waals surface area contributed by atoms with Crippen molar-refractivity contribution in [3.8, 4) is 0 Å². The van der Waals surface area contributed by atoms with E-state index < -0.39 is 11.4 Å². The fraction of sp³-hybridized carbons (Fsp3) is 0.333. The number of hydrogen-bond acceptors (Lipinski definition) is 4. The lowest BCUT2D eigenvalue weighted by molar-refractivity contribution is -0.137. The summed E-state index contributed by atoms with van der Waals surface area (Å²) >= 11 is 0. The standard InChI is InChI=1S/C18H17FN2O4/c19-13-3-1-4-14(9-13)21-12-18(25-10-16(21)22)6-7-20(11-18)17(23)15-5-2-8-24-15/h1-5,8-9H,6-7,10-12H2. The van der Waals surface area contributed by atoms with E-state index in [1.54, 1.807) is 29.2 Å². The molecule has 1 atom stereocenters. The van der Waals surface area contributed by atoms with Gasteiger partial charge in [-0.25, -0.2) is 4.39 Å². The Labute approximate surface area is 143 Å². The number of rotatable bonds is 2. The van der Waals surface area contributed by atoms with Crippen LogP contribution in [0.3, 0.4) is 0 Å². The molecule has 0 saturated carbocycles. The molecule has 1 spiro atoms. The Balaban J connectivity index is 1.53. The van der Waals surface area contributed by atoms with Gasteiger partial charge in [-0.05, 0) is 36.8 Å². The topological polar surface area (TPSA) is 63.0 Å². The highest BCUT2D eigenvalue weighted by Crippen LogP contribution is 2.33. The molecule has 6 nitrogen and oxygen atoms in total. The average molecular weight is 344 g/mol. The van der Waals surface area contributed by atoms with E-state index in [4.69, 9.17) is 9.15 Å². The predicted molar refractivity (Wildman–Crippen MR) is 86.7 cm³/mol. The SMILES string of the molecule is O=C(c1ccco1)N1CCC2(C1)CN(c1cccc(F)c1)C(=O)CO2. The number of halogens is 1. The number of nitrogens with zero attached hydrogens (tertiary/aromatic N) is 2. The largest absolute Gasteiger partial charge is 0.459 e. The van der Waals surface area contributed by atoms with Crippen molar-refractivity contribution in [2.45, 2.75) is 12.0 Å². The van der Waals surface area contributed by atoms with Crippen LogP contribution in [0.2, 0.25) is 0 Å². The Morgan fingerprint density at radius 2 is 2.08 bits per heavy atom. The molecular formula is C18H17FN2O4. The van der Waals surface area contributed by atoms with Crippen molar-refractivity contribution in [3.63, 3.8) is 0 Å². The van der Waals surface area contributed by atoms with E-state index >= 15 is 0 Å². The van der Waals surface area contributed by atoms with Crippen molar-refractivity contribution >= 4 is 17.5 Å². The molecule has 4 rings (SSSR count). The zero-order chi connectivity index (χ0) is 17.4. The Morgan fingerprint density at radius 3 is 2.84 bits per heavy atom. The summed E-state index contributed by atoms with van der Waals surface area (Å²) in [5.41, 5.74) is -0.133. The van der Waals surface area contributed by atoms with E-state index in [-0.39, 0.29) is 30.7 Å². The Morgan fingerprint density at radius 1 is 1.20 bits per heavy atom. The van der Waals surface area contributed by atoms with E-state index in [9.17, 15) is 14.0 Å². The smallest absolute Gasteiger partial charge is 0.289 e. The van der Waals surface area contributed by atoms with Crippen LogP contribution in [0, 0.1) is 5.82 Å². The molecule has 3 heterocycles. The quantitative estimate of drug-likeness (QED) is 0.837. The molecule has 7 heteroatoms. The van der Waals surface area contributed by atoms with Crippen LogP contribution < -0.4 is 4.90 Å². The number of hydrogen-bond donors (Lipinski definition) is 0. The zero-order valence-corrected chi connectivity index (χ0v) is 13.5. The normalized spacial score (nSPS) is 23.5. The number of carbonyl (C=O) groups excluding carboxylic acids is 2. The van der Waals surface area contributed by atoms with Crippen molar-refractivity contribution in [1.82, 2.24) is 4.90 Å². The molecule has 0 N–H and O–H groups in total. The van der Waals surface area contributed by atoms with Gasteiger partial charge in [-0.3, -0.25) is 9.59 Å². The molecule has 1 aromatic heterocycles. The summed E-state index contributed by atoms with van der Waals surface area (Å²) in [6, 6.07) is 9.22. The van der Waals surface area contributed by atoms with Crippen LogP contribution in [0.5, 0.6) is 0 Å². The van der Waals surface area contributed by atoms with Crippen molar-refractivity contribution in [1.29, 1.82) is 0 Å². The predicted octanol–water partition coefficient (Wildman–Crippen LogP) is 2.07. The molecule has 0 aliphatic carbocycles. The Bertz CT molecular complexity index is 807. The van der Waals surface area contributed by atoms with Crippen molar-refractivity contribution in [3.05, 3.63) is 54.2 Å². The molecule has 1 aromatic carbocycles. The molecule has 2 saturated heterocycles. The molecule has 0 radical (unpaired) electrons. The van der Waals surface area contributed by atoms with Gasteiger partial charge in [-0.15, -0.1) is 0 Å². The minimum absolute atomic E-state index is 0.0840. The first-order chi connectivity index (χ1) is 12.1. The van der Waals surface area contributed by atoms with E-state index in [2.05, 4.69) is 0 Å². The molecular weight excluding hydrogens is 327 g/mol. The van der Waals surface area contributed by atoms with Crippen LogP contribution >= 0.6 is 0 Å². The van der Waals surface area contributed by atoms with Gasteiger partial charge >= 0.3 is 0 Å². The molecule has 0 bridgehead atoms. The highest BCUT2D eigenvalue weighted by molar-refractivity contribution is 5.95. The summed E-state index contributed by atoms with van der Waals surface area (Å²) < 4.78 is 24.5. The van der Waals surface area contributed by atoms with Crippen LogP contribution in [-0.2, 0) is 9.53 Å². The fourth-order valence-electron chi connectivity index (χ4n) is 3.41.